The van der Waals surface area contributed by atoms with Gasteiger partial charge in [-0.25, -0.2) is 0 Å². The summed E-state index contributed by atoms with van der Waals surface area (Å²) in [5, 5.41) is 20.5. The Kier molecular flexibility index (Phi) is 3.98. The normalized spacial score (nSPS) is 12.2. The van der Waals surface area contributed by atoms with Gasteiger partial charge in [0, 0.05) is 12.5 Å². The largest absolute Gasteiger partial charge is 0.388 e. The molecule has 0 spiro atoms. The van der Waals surface area contributed by atoms with Crippen LogP contribution in [0.2, 0.25) is 5.02 Å². The maximum atomic E-state index is 10.8. The fraction of sp³-hybridized carbons (Fsp3) is 0.300. The van der Waals surface area contributed by atoms with E-state index in [2.05, 4.69) is 0 Å². The maximum absolute atomic E-state index is 10.8. The van der Waals surface area contributed by atoms with Crippen molar-refractivity contribution in [1.82, 2.24) is 0 Å². The van der Waals surface area contributed by atoms with Gasteiger partial charge in [0.15, 0.2) is 0 Å². The van der Waals surface area contributed by atoms with Gasteiger partial charge in [0.1, 0.15) is 5.78 Å². The van der Waals surface area contributed by atoms with Crippen molar-refractivity contribution >= 4 is 23.1 Å². The van der Waals surface area contributed by atoms with Crippen LogP contribution in [0.3, 0.4) is 0 Å². The SMILES string of the molecule is CC(=O)C[C@@H](O)c1c(Cl)cccc1[N+](=O)[O-]. The van der Waals surface area contributed by atoms with Gasteiger partial charge in [0.05, 0.1) is 21.6 Å². The lowest BCUT2D eigenvalue weighted by Crippen LogP contribution is -2.07. The van der Waals surface area contributed by atoms with Gasteiger partial charge in [-0.2, -0.15) is 0 Å². The molecule has 1 rings (SSSR count). The van der Waals surface area contributed by atoms with Crippen LogP contribution in [0.1, 0.15) is 25.0 Å². The molecule has 0 bridgehead atoms. The maximum Gasteiger partial charge on any atom is 0.276 e. The van der Waals surface area contributed by atoms with E-state index < -0.39 is 11.0 Å². The molecule has 1 aromatic carbocycles. The summed E-state index contributed by atoms with van der Waals surface area (Å²) in [5.74, 6) is -0.262. The highest BCUT2D eigenvalue weighted by atomic mass is 35.5. The van der Waals surface area contributed by atoms with Crippen molar-refractivity contribution in [2.45, 2.75) is 19.4 Å². The number of hydrogen-bond donors (Lipinski definition) is 1. The zero-order chi connectivity index (χ0) is 12.3. The monoisotopic (exact) mass is 243 g/mol. The Morgan fingerprint density at radius 3 is 2.75 bits per heavy atom. The summed E-state index contributed by atoms with van der Waals surface area (Å²) in [6.45, 7) is 1.30. The Bertz CT molecular complexity index is 433. The number of nitro benzene ring substituents is 1. The van der Waals surface area contributed by atoms with E-state index in [9.17, 15) is 20.0 Å². The summed E-state index contributed by atoms with van der Waals surface area (Å²) in [6, 6.07) is 4.10. The molecule has 0 saturated heterocycles. The number of aliphatic hydroxyl groups is 1. The second-order valence-corrected chi connectivity index (χ2v) is 3.76. The van der Waals surface area contributed by atoms with Crippen molar-refractivity contribution in [3.63, 3.8) is 0 Å². The van der Waals surface area contributed by atoms with Gasteiger partial charge in [0.25, 0.3) is 5.69 Å². The number of benzene rings is 1. The number of aliphatic hydroxyl groups excluding tert-OH is 1. The first-order chi connectivity index (χ1) is 7.43. The van der Waals surface area contributed by atoms with E-state index in [0.717, 1.165) is 0 Å². The molecule has 0 aliphatic rings. The summed E-state index contributed by atoms with van der Waals surface area (Å²) < 4.78 is 0. The van der Waals surface area contributed by atoms with Crippen molar-refractivity contribution in [3.05, 3.63) is 38.9 Å². The van der Waals surface area contributed by atoms with Gasteiger partial charge >= 0.3 is 0 Å². The number of ketones is 1. The molecule has 0 fully saturated rings. The summed E-state index contributed by atoms with van der Waals surface area (Å²) in [5.41, 5.74) is -0.286. The lowest BCUT2D eigenvalue weighted by Gasteiger charge is -2.10. The summed E-state index contributed by atoms with van der Waals surface area (Å²) >= 11 is 5.78. The molecule has 0 amide bonds. The third-order valence-corrected chi connectivity index (χ3v) is 2.37. The van der Waals surface area contributed by atoms with Gasteiger partial charge in [-0.3, -0.25) is 14.9 Å². The predicted octanol–water partition coefficient (Wildman–Crippen LogP) is 2.26. The molecular weight excluding hydrogens is 234 g/mol. The molecule has 6 heteroatoms. The van der Waals surface area contributed by atoms with E-state index >= 15 is 0 Å². The first kappa shape index (κ1) is 12.6. The lowest BCUT2D eigenvalue weighted by atomic mass is 10.0. The molecule has 1 aromatic rings. The quantitative estimate of drug-likeness (QED) is 0.650. The van der Waals surface area contributed by atoms with Crippen molar-refractivity contribution in [2.75, 3.05) is 0 Å². The van der Waals surface area contributed by atoms with Gasteiger partial charge in [-0.15, -0.1) is 0 Å². The molecule has 0 aromatic heterocycles. The summed E-state index contributed by atoms with van der Waals surface area (Å²) in [6.07, 6.45) is -1.43. The molecular formula is C10H10ClNO4. The third kappa shape index (κ3) is 2.77. The number of halogens is 1. The Morgan fingerprint density at radius 2 is 2.25 bits per heavy atom. The second-order valence-electron chi connectivity index (χ2n) is 3.35. The first-order valence-corrected chi connectivity index (χ1v) is 4.91. The zero-order valence-electron chi connectivity index (χ0n) is 8.51. The van der Waals surface area contributed by atoms with Gasteiger partial charge in [0.2, 0.25) is 0 Å². The molecule has 0 saturated carbocycles. The second kappa shape index (κ2) is 5.05. The number of carbonyl (C=O) groups excluding carboxylic acids is 1. The third-order valence-electron chi connectivity index (χ3n) is 2.04. The van der Waals surface area contributed by atoms with Crippen LogP contribution in [0, 0.1) is 10.1 Å². The number of carbonyl (C=O) groups is 1. The summed E-state index contributed by atoms with van der Waals surface area (Å²) in [7, 11) is 0. The van der Waals surface area contributed by atoms with Crippen LogP contribution in [-0.2, 0) is 4.79 Å². The van der Waals surface area contributed by atoms with Crippen molar-refractivity contribution < 1.29 is 14.8 Å². The fourth-order valence-corrected chi connectivity index (χ4v) is 1.68. The van der Waals surface area contributed by atoms with Gasteiger partial charge in [-0.1, -0.05) is 17.7 Å². The molecule has 0 unspecified atom stereocenters. The molecule has 5 nitrogen and oxygen atoms in total. The lowest BCUT2D eigenvalue weighted by molar-refractivity contribution is -0.386. The van der Waals surface area contributed by atoms with Crippen molar-refractivity contribution in [3.8, 4) is 0 Å². The molecule has 0 aliphatic carbocycles. The topological polar surface area (TPSA) is 80.4 Å². The average Bonchev–Trinajstić information content (AvgIpc) is 2.15. The number of nitrogens with zero attached hydrogens (tertiary/aromatic N) is 1. The van der Waals surface area contributed by atoms with Crippen molar-refractivity contribution in [2.24, 2.45) is 0 Å². The minimum Gasteiger partial charge on any atom is -0.388 e. The van der Waals surface area contributed by atoms with Gasteiger partial charge in [-0.05, 0) is 13.0 Å². The van der Waals surface area contributed by atoms with Crippen LogP contribution in [-0.4, -0.2) is 15.8 Å². The molecule has 16 heavy (non-hydrogen) atoms. The molecule has 0 aliphatic heterocycles. The molecule has 0 radical (unpaired) electrons. The number of nitro groups is 1. The highest BCUT2D eigenvalue weighted by molar-refractivity contribution is 6.31. The Labute approximate surface area is 96.8 Å². The number of Topliss-reactive ketones (excluding diaryl/α,β-unsaturated/α-hetero) is 1. The fourth-order valence-electron chi connectivity index (χ4n) is 1.39. The van der Waals surface area contributed by atoms with Crippen LogP contribution in [0.4, 0.5) is 5.69 Å². The van der Waals surface area contributed by atoms with Crippen molar-refractivity contribution in [1.29, 1.82) is 0 Å². The number of rotatable bonds is 4. The Hall–Kier alpha value is -1.46. The van der Waals surface area contributed by atoms with Crippen LogP contribution in [0.25, 0.3) is 0 Å². The first-order valence-electron chi connectivity index (χ1n) is 4.53. The summed E-state index contributed by atoms with van der Waals surface area (Å²) in [4.78, 5) is 20.9. The van der Waals surface area contributed by atoms with E-state index in [1.54, 1.807) is 0 Å². The van der Waals surface area contributed by atoms with E-state index in [1.807, 2.05) is 0 Å². The van der Waals surface area contributed by atoms with Crippen LogP contribution in [0.5, 0.6) is 0 Å². The van der Waals surface area contributed by atoms with Crippen LogP contribution >= 0.6 is 11.6 Å². The zero-order valence-corrected chi connectivity index (χ0v) is 9.27. The molecule has 86 valence electrons. The highest BCUT2D eigenvalue weighted by Gasteiger charge is 2.24. The van der Waals surface area contributed by atoms with E-state index in [0.29, 0.717) is 0 Å². The highest BCUT2D eigenvalue weighted by Crippen LogP contribution is 2.33. The van der Waals surface area contributed by atoms with Crippen LogP contribution < -0.4 is 0 Å². The van der Waals surface area contributed by atoms with E-state index in [-0.39, 0.29) is 28.5 Å². The van der Waals surface area contributed by atoms with Crippen LogP contribution in [0.15, 0.2) is 18.2 Å². The smallest absolute Gasteiger partial charge is 0.276 e. The predicted molar refractivity (Wildman–Crippen MR) is 58.4 cm³/mol. The molecule has 1 N–H and O–H groups in total. The number of hydrogen-bond acceptors (Lipinski definition) is 4. The Morgan fingerprint density at radius 1 is 1.62 bits per heavy atom. The molecule has 1 atom stereocenters. The van der Waals surface area contributed by atoms with E-state index in [1.165, 1.54) is 25.1 Å². The van der Waals surface area contributed by atoms with E-state index in [4.69, 9.17) is 11.6 Å². The minimum atomic E-state index is -1.24. The Balaban J connectivity index is 3.19. The molecule has 0 heterocycles. The minimum absolute atomic E-state index is 0.00985. The standard InChI is InChI=1S/C10H10ClNO4/c1-6(13)5-9(14)10-7(11)3-2-4-8(10)12(15)16/h2-4,9,14H,5H2,1H3/t9-/m1/s1. The van der Waals surface area contributed by atoms with Gasteiger partial charge < -0.3 is 5.11 Å². The average molecular weight is 244 g/mol.